The summed E-state index contributed by atoms with van der Waals surface area (Å²) in [5.74, 6) is 0.761. The van der Waals surface area contributed by atoms with Gasteiger partial charge in [-0.25, -0.2) is 4.68 Å². The van der Waals surface area contributed by atoms with E-state index in [1.807, 2.05) is 38.1 Å². The molecule has 7 nitrogen and oxygen atoms in total. The first-order valence-electron chi connectivity index (χ1n) is 8.47. The standard InChI is InChI=1S/C18H24N4O3/c1-13(2)22-11-16(19-20-22)18(24)8-9-21(12-18)17(23)10-14-4-6-15(25-3)7-5-14/h4-7,11,13,24H,8-10,12H2,1-3H3/t18-/m1/s1. The number of hydrogen-bond acceptors (Lipinski definition) is 5. The fourth-order valence-electron chi connectivity index (χ4n) is 2.99. The number of rotatable bonds is 5. The monoisotopic (exact) mass is 344 g/mol. The number of hydrogen-bond donors (Lipinski definition) is 1. The quantitative estimate of drug-likeness (QED) is 0.890. The molecule has 0 unspecified atom stereocenters. The summed E-state index contributed by atoms with van der Waals surface area (Å²) in [5, 5.41) is 19.0. The molecule has 3 rings (SSSR count). The average molecular weight is 344 g/mol. The lowest BCUT2D eigenvalue weighted by atomic mass is 10.00. The van der Waals surface area contributed by atoms with Crippen molar-refractivity contribution < 1.29 is 14.6 Å². The van der Waals surface area contributed by atoms with Crippen LogP contribution in [0.2, 0.25) is 0 Å². The summed E-state index contributed by atoms with van der Waals surface area (Å²) in [6.45, 7) is 4.77. The van der Waals surface area contributed by atoms with Crippen LogP contribution < -0.4 is 4.74 Å². The van der Waals surface area contributed by atoms with Gasteiger partial charge in [-0.3, -0.25) is 4.79 Å². The minimum Gasteiger partial charge on any atom is -0.497 e. The number of likely N-dealkylation sites (tertiary alicyclic amines) is 1. The lowest BCUT2D eigenvalue weighted by Crippen LogP contribution is -2.35. The first-order chi connectivity index (χ1) is 11.9. The smallest absolute Gasteiger partial charge is 0.227 e. The van der Waals surface area contributed by atoms with Gasteiger partial charge in [-0.1, -0.05) is 17.3 Å². The summed E-state index contributed by atoms with van der Waals surface area (Å²) >= 11 is 0. The zero-order valence-electron chi connectivity index (χ0n) is 14.8. The molecule has 2 heterocycles. The number of aliphatic hydroxyl groups is 1. The van der Waals surface area contributed by atoms with Gasteiger partial charge in [-0.15, -0.1) is 5.10 Å². The second-order valence-corrected chi connectivity index (χ2v) is 6.80. The van der Waals surface area contributed by atoms with Crippen LogP contribution in [-0.2, 0) is 16.8 Å². The van der Waals surface area contributed by atoms with Crippen LogP contribution in [0.15, 0.2) is 30.5 Å². The van der Waals surface area contributed by atoms with Crippen LogP contribution >= 0.6 is 0 Å². The predicted octanol–water partition coefficient (Wildman–Crippen LogP) is 1.53. The van der Waals surface area contributed by atoms with Crippen LogP contribution in [0.25, 0.3) is 0 Å². The molecule has 1 fully saturated rings. The first kappa shape index (κ1) is 17.4. The third-order valence-electron chi connectivity index (χ3n) is 4.63. The Balaban J connectivity index is 1.65. The zero-order valence-corrected chi connectivity index (χ0v) is 14.8. The highest BCUT2D eigenvalue weighted by atomic mass is 16.5. The van der Waals surface area contributed by atoms with Gasteiger partial charge in [-0.05, 0) is 31.5 Å². The molecule has 2 aromatic rings. The molecule has 1 aromatic heterocycles. The van der Waals surface area contributed by atoms with E-state index in [1.54, 1.807) is 22.9 Å². The van der Waals surface area contributed by atoms with E-state index in [0.29, 0.717) is 25.1 Å². The van der Waals surface area contributed by atoms with Crippen molar-refractivity contribution in [1.82, 2.24) is 19.9 Å². The van der Waals surface area contributed by atoms with Gasteiger partial charge in [-0.2, -0.15) is 0 Å². The van der Waals surface area contributed by atoms with E-state index in [4.69, 9.17) is 4.74 Å². The number of methoxy groups -OCH3 is 1. The Morgan fingerprint density at radius 2 is 2.08 bits per heavy atom. The maximum absolute atomic E-state index is 12.5. The number of aromatic nitrogens is 3. The van der Waals surface area contributed by atoms with Crippen molar-refractivity contribution in [3.63, 3.8) is 0 Å². The minimum atomic E-state index is -1.12. The van der Waals surface area contributed by atoms with E-state index in [2.05, 4.69) is 10.3 Å². The molecular formula is C18H24N4O3. The van der Waals surface area contributed by atoms with E-state index in [0.717, 1.165) is 11.3 Å². The number of amides is 1. The summed E-state index contributed by atoms with van der Waals surface area (Å²) in [5.41, 5.74) is 0.329. The molecule has 0 radical (unpaired) electrons. The molecular weight excluding hydrogens is 320 g/mol. The second kappa shape index (κ2) is 6.84. The Bertz CT molecular complexity index is 741. The van der Waals surface area contributed by atoms with Gasteiger partial charge in [0.2, 0.25) is 5.91 Å². The molecule has 1 atom stereocenters. The van der Waals surface area contributed by atoms with Gasteiger partial charge in [0.25, 0.3) is 0 Å². The Morgan fingerprint density at radius 3 is 2.68 bits per heavy atom. The number of ether oxygens (including phenoxy) is 1. The molecule has 1 N–H and O–H groups in total. The Morgan fingerprint density at radius 1 is 1.36 bits per heavy atom. The van der Waals surface area contributed by atoms with Crippen LogP contribution in [0.1, 0.15) is 37.6 Å². The molecule has 0 bridgehead atoms. The van der Waals surface area contributed by atoms with Gasteiger partial charge in [0.05, 0.1) is 26.3 Å². The van der Waals surface area contributed by atoms with Crippen molar-refractivity contribution in [1.29, 1.82) is 0 Å². The Labute approximate surface area is 147 Å². The number of carbonyl (C=O) groups is 1. The van der Waals surface area contributed by atoms with Gasteiger partial charge < -0.3 is 14.7 Å². The molecule has 0 spiro atoms. The molecule has 25 heavy (non-hydrogen) atoms. The number of nitrogens with zero attached hydrogens (tertiary/aromatic N) is 4. The van der Waals surface area contributed by atoms with E-state index in [9.17, 15) is 9.90 Å². The molecule has 1 aliphatic heterocycles. The van der Waals surface area contributed by atoms with E-state index in [-0.39, 0.29) is 18.5 Å². The van der Waals surface area contributed by atoms with Gasteiger partial charge in [0.15, 0.2) is 0 Å². The fraction of sp³-hybridized carbons (Fsp3) is 0.500. The second-order valence-electron chi connectivity index (χ2n) is 6.80. The van der Waals surface area contributed by atoms with Gasteiger partial charge >= 0.3 is 0 Å². The number of β-amino-alcohol motifs (C(OH)–C–C–N with tert-alkyl or cyclic N) is 1. The summed E-state index contributed by atoms with van der Waals surface area (Å²) < 4.78 is 6.84. The first-order valence-corrected chi connectivity index (χ1v) is 8.47. The zero-order chi connectivity index (χ0) is 18.0. The fourth-order valence-corrected chi connectivity index (χ4v) is 2.99. The van der Waals surface area contributed by atoms with Crippen LogP contribution in [-0.4, -0.2) is 51.1 Å². The lowest BCUT2D eigenvalue weighted by molar-refractivity contribution is -0.130. The van der Waals surface area contributed by atoms with Gasteiger partial charge in [0, 0.05) is 19.0 Å². The third-order valence-corrected chi connectivity index (χ3v) is 4.63. The Kier molecular flexibility index (Phi) is 4.76. The summed E-state index contributed by atoms with van der Waals surface area (Å²) in [7, 11) is 1.61. The summed E-state index contributed by atoms with van der Waals surface area (Å²) in [4.78, 5) is 14.2. The maximum Gasteiger partial charge on any atom is 0.227 e. The maximum atomic E-state index is 12.5. The summed E-state index contributed by atoms with van der Waals surface area (Å²) in [6, 6.07) is 7.62. The van der Waals surface area contributed by atoms with Crippen molar-refractivity contribution in [2.75, 3.05) is 20.2 Å². The molecule has 1 saturated heterocycles. The van der Waals surface area contributed by atoms with Crippen LogP contribution in [0, 0.1) is 0 Å². The highest BCUT2D eigenvalue weighted by molar-refractivity contribution is 5.79. The van der Waals surface area contributed by atoms with Crippen LogP contribution in [0.3, 0.4) is 0 Å². The average Bonchev–Trinajstić information content (AvgIpc) is 3.23. The van der Waals surface area contributed by atoms with Crippen molar-refractivity contribution in [2.45, 2.75) is 38.3 Å². The largest absolute Gasteiger partial charge is 0.497 e. The van der Waals surface area contributed by atoms with Crippen molar-refractivity contribution in [3.8, 4) is 5.75 Å². The van der Waals surface area contributed by atoms with Gasteiger partial charge in [0.1, 0.15) is 17.0 Å². The highest BCUT2D eigenvalue weighted by Crippen LogP contribution is 2.31. The number of carbonyl (C=O) groups excluding carboxylic acids is 1. The van der Waals surface area contributed by atoms with E-state index in [1.165, 1.54) is 0 Å². The minimum absolute atomic E-state index is 0.00246. The molecule has 0 aliphatic carbocycles. The normalized spacial score (nSPS) is 20.3. The lowest BCUT2D eigenvalue weighted by Gasteiger charge is -2.21. The molecule has 1 aromatic carbocycles. The number of benzene rings is 1. The SMILES string of the molecule is COc1ccc(CC(=O)N2CC[C@](O)(c3cn(C(C)C)nn3)C2)cc1. The topological polar surface area (TPSA) is 80.5 Å². The van der Waals surface area contributed by atoms with Crippen molar-refractivity contribution in [3.05, 3.63) is 41.7 Å². The molecule has 1 aliphatic rings. The van der Waals surface area contributed by atoms with Crippen LogP contribution in [0.5, 0.6) is 5.75 Å². The van der Waals surface area contributed by atoms with Crippen LogP contribution in [0.4, 0.5) is 0 Å². The van der Waals surface area contributed by atoms with E-state index < -0.39 is 5.60 Å². The Hall–Kier alpha value is -2.41. The third kappa shape index (κ3) is 3.66. The predicted molar refractivity (Wildman–Crippen MR) is 92.2 cm³/mol. The van der Waals surface area contributed by atoms with Crippen molar-refractivity contribution >= 4 is 5.91 Å². The summed E-state index contributed by atoms with van der Waals surface area (Å²) in [6.07, 6.45) is 2.54. The molecule has 7 heteroatoms. The highest BCUT2D eigenvalue weighted by Gasteiger charge is 2.41. The molecule has 1 amide bonds. The molecule has 0 saturated carbocycles. The van der Waals surface area contributed by atoms with E-state index >= 15 is 0 Å². The molecule has 134 valence electrons. The van der Waals surface area contributed by atoms with Crippen molar-refractivity contribution in [2.24, 2.45) is 0 Å².